The van der Waals surface area contributed by atoms with E-state index in [2.05, 4.69) is 18.3 Å². The largest absolute Gasteiger partial charge is 0.329 e. The standard InChI is InChI=1S/C16H23N3OS/c1-4-16(3,9-18)15(20)19-14-12(8-17)11-6-5-10(2)7-13(11)21-14/h10H,4-7,9,18H2,1-3H3,(H,19,20). The molecule has 1 aromatic heterocycles. The molecule has 1 aliphatic carbocycles. The molecule has 0 radical (unpaired) electrons. The molecule has 0 saturated heterocycles. The normalized spacial score (nSPS) is 20.2. The van der Waals surface area contributed by atoms with Crippen LogP contribution in [0.3, 0.4) is 0 Å². The van der Waals surface area contributed by atoms with Gasteiger partial charge in [0.15, 0.2) is 0 Å². The molecule has 0 aliphatic heterocycles. The van der Waals surface area contributed by atoms with Crippen LogP contribution in [-0.2, 0) is 17.6 Å². The number of nitriles is 1. The molecule has 21 heavy (non-hydrogen) atoms. The summed E-state index contributed by atoms with van der Waals surface area (Å²) in [6, 6.07) is 2.28. The highest BCUT2D eigenvalue weighted by Gasteiger charge is 2.32. The van der Waals surface area contributed by atoms with Crippen molar-refractivity contribution in [2.24, 2.45) is 17.1 Å². The maximum atomic E-state index is 12.4. The third kappa shape index (κ3) is 2.97. The first-order valence-corrected chi connectivity index (χ1v) is 8.33. The smallest absolute Gasteiger partial charge is 0.232 e. The van der Waals surface area contributed by atoms with Crippen LogP contribution in [0.1, 0.15) is 49.6 Å². The van der Waals surface area contributed by atoms with E-state index in [1.807, 2.05) is 13.8 Å². The summed E-state index contributed by atoms with van der Waals surface area (Å²) in [5.41, 5.74) is 6.96. The summed E-state index contributed by atoms with van der Waals surface area (Å²) in [6.07, 6.45) is 3.74. The van der Waals surface area contributed by atoms with Crippen LogP contribution < -0.4 is 11.1 Å². The van der Waals surface area contributed by atoms with Gasteiger partial charge in [0.25, 0.3) is 0 Å². The highest BCUT2D eigenvalue weighted by atomic mass is 32.1. The zero-order valence-corrected chi connectivity index (χ0v) is 13.8. The fourth-order valence-electron chi connectivity index (χ4n) is 2.61. The van der Waals surface area contributed by atoms with Gasteiger partial charge in [-0.05, 0) is 44.1 Å². The Kier molecular flexibility index (Phi) is 4.70. The van der Waals surface area contributed by atoms with Gasteiger partial charge in [-0.3, -0.25) is 4.79 Å². The Labute approximate surface area is 130 Å². The second-order valence-corrected chi connectivity index (χ2v) is 7.35. The lowest BCUT2D eigenvalue weighted by molar-refractivity contribution is -0.124. The van der Waals surface area contributed by atoms with Crippen LogP contribution in [0.4, 0.5) is 5.00 Å². The maximum Gasteiger partial charge on any atom is 0.232 e. The molecule has 1 amide bonds. The first kappa shape index (κ1) is 16.0. The average Bonchev–Trinajstić information content (AvgIpc) is 2.82. The maximum absolute atomic E-state index is 12.4. The number of nitrogens with zero attached hydrogens (tertiary/aromatic N) is 1. The van der Waals surface area contributed by atoms with E-state index in [0.717, 1.165) is 24.8 Å². The number of carbonyl (C=O) groups excluding carboxylic acids is 1. The second kappa shape index (κ2) is 6.17. The highest BCUT2D eigenvalue weighted by molar-refractivity contribution is 7.16. The van der Waals surface area contributed by atoms with Crippen molar-refractivity contribution in [2.45, 2.75) is 46.5 Å². The molecule has 2 rings (SSSR count). The topological polar surface area (TPSA) is 78.9 Å². The minimum atomic E-state index is -0.579. The van der Waals surface area contributed by atoms with Crippen LogP contribution in [0.5, 0.6) is 0 Å². The number of amides is 1. The molecule has 1 heterocycles. The van der Waals surface area contributed by atoms with Crippen LogP contribution in [-0.4, -0.2) is 12.5 Å². The SMILES string of the molecule is CCC(C)(CN)C(=O)Nc1sc2c(c1C#N)CCC(C)C2. The lowest BCUT2D eigenvalue weighted by atomic mass is 9.86. The zero-order valence-electron chi connectivity index (χ0n) is 13.0. The molecule has 114 valence electrons. The van der Waals surface area contributed by atoms with Gasteiger partial charge in [-0.25, -0.2) is 0 Å². The summed E-state index contributed by atoms with van der Waals surface area (Å²) in [5, 5.41) is 13.1. The van der Waals surface area contributed by atoms with E-state index in [1.165, 1.54) is 4.88 Å². The Morgan fingerprint density at radius 3 is 2.90 bits per heavy atom. The second-order valence-electron chi connectivity index (χ2n) is 6.24. The van der Waals surface area contributed by atoms with Crippen LogP contribution in [0.25, 0.3) is 0 Å². The molecular weight excluding hydrogens is 282 g/mol. The molecule has 4 nitrogen and oxygen atoms in total. The third-order valence-electron chi connectivity index (χ3n) is 4.63. The quantitative estimate of drug-likeness (QED) is 0.897. The van der Waals surface area contributed by atoms with E-state index in [0.29, 0.717) is 29.4 Å². The number of anilines is 1. The van der Waals surface area contributed by atoms with Gasteiger partial charge < -0.3 is 11.1 Å². The minimum Gasteiger partial charge on any atom is -0.329 e. The summed E-state index contributed by atoms with van der Waals surface area (Å²) in [7, 11) is 0. The summed E-state index contributed by atoms with van der Waals surface area (Å²) in [5.74, 6) is 0.562. The summed E-state index contributed by atoms with van der Waals surface area (Å²) >= 11 is 1.56. The molecule has 0 spiro atoms. The monoisotopic (exact) mass is 305 g/mol. The Morgan fingerprint density at radius 2 is 2.33 bits per heavy atom. The van der Waals surface area contributed by atoms with E-state index in [1.54, 1.807) is 11.3 Å². The number of rotatable bonds is 4. The first-order chi connectivity index (χ1) is 9.95. The number of carbonyl (C=O) groups is 1. The van der Waals surface area contributed by atoms with Crippen molar-refractivity contribution < 1.29 is 4.79 Å². The predicted molar refractivity (Wildman–Crippen MR) is 86.3 cm³/mol. The predicted octanol–water partition coefficient (Wildman–Crippen LogP) is 3.06. The van der Waals surface area contributed by atoms with Crippen LogP contribution in [0.2, 0.25) is 0 Å². The van der Waals surface area contributed by atoms with Gasteiger partial charge in [0.2, 0.25) is 5.91 Å². The van der Waals surface area contributed by atoms with Gasteiger partial charge >= 0.3 is 0 Å². The summed E-state index contributed by atoms with van der Waals surface area (Å²) in [6.45, 7) is 6.36. The number of fused-ring (bicyclic) bond motifs is 1. The molecule has 0 fully saturated rings. The van der Waals surface area contributed by atoms with Crippen molar-refractivity contribution in [1.29, 1.82) is 5.26 Å². The van der Waals surface area contributed by atoms with Gasteiger partial charge in [0.1, 0.15) is 11.1 Å². The van der Waals surface area contributed by atoms with Gasteiger partial charge in [0, 0.05) is 11.4 Å². The fourth-order valence-corrected chi connectivity index (χ4v) is 3.96. The molecule has 2 atom stereocenters. The molecule has 5 heteroatoms. The molecule has 0 bridgehead atoms. The van der Waals surface area contributed by atoms with E-state index < -0.39 is 5.41 Å². The molecule has 1 aliphatic rings. The summed E-state index contributed by atoms with van der Waals surface area (Å²) in [4.78, 5) is 13.7. The van der Waals surface area contributed by atoms with E-state index in [-0.39, 0.29) is 5.91 Å². The van der Waals surface area contributed by atoms with E-state index in [9.17, 15) is 10.1 Å². The first-order valence-electron chi connectivity index (χ1n) is 7.51. The minimum absolute atomic E-state index is 0.0874. The molecule has 0 aromatic carbocycles. The van der Waals surface area contributed by atoms with E-state index in [4.69, 9.17) is 5.73 Å². The van der Waals surface area contributed by atoms with Crippen molar-refractivity contribution in [3.63, 3.8) is 0 Å². The number of hydrogen-bond acceptors (Lipinski definition) is 4. The van der Waals surface area contributed by atoms with Crippen molar-refractivity contribution in [1.82, 2.24) is 0 Å². The summed E-state index contributed by atoms with van der Waals surface area (Å²) < 4.78 is 0. The highest BCUT2D eigenvalue weighted by Crippen LogP contribution is 2.39. The fraction of sp³-hybridized carbons (Fsp3) is 0.625. The Morgan fingerprint density at radius 1 is 1.62 bits per heavy atom. The van der Waals surface area contributed by atoms with Crippen molar-refractivity contribution in [3.05, 3.63) is 16.0 Å². The molecule has 0 saturated carbocycles. The van der Waals surface area contributed by atoms with Crippen molar-refractivity contribution in [2.75, 3.05) is 11.9 Å². The lowest BCUT2D eigenvalue weighted by Crippen LogP contribution is -2.39. The Hall–Kier alpha value is -1.38. The van der Waals surface area contributed by atoms with Crippen LogP contribution >= 0.6 is 11.3 Å². The Balaban J connectivity index is 2.30. The number of thiophene rings is 1. The third-order valence-corrected chi connectivity index (χ3v) is 5.80. The van der Waals surface area contributed by atoms with Gasteiger partial charge in [-0.1, -0.05) is 13.8 Å². The molecule has 3 N–H and O–H groups in total. The Bertz CT molecular complexity index is 581. The molecule has 2 unspecified atom stereocenters. The molecular formula is C16H23N3OS. The average molecular weight is 305 g/mol. The van der Waals surface area contributed by atoms with Gasteiger partial charge in [-0.15, -0.1) is 11.3 Å². The number of nitrogens with two attached hydrogens (primary N) is 1. The zero-order chi connectivity index (χ0) is 15.6. The van der Waals surface area contributed by atoms with Crippen molar-refractivity contribution in [3.8, 4) is 6.07 Å². The number of hydrogen-bond donors (Lipinski definition) is 2. The van der Waals surface area contributed by atoms with Gasteiger partial charge in [-0.2, -0.15) is 5.26 Å². The van der Waals surface area contributed by atoms with Crippen LogP contribution in [0.15, 0.2) is 0 Å². The van der Waals surface area contributed by atoms with E-state index >= 15 is 0 Å². The van der Waals surface area contributed by atoms with Crippen molar-refractivity contribution >= 4 is 22.2 Å². The van der Waals surface area contributed by atoms with Crippen LogP contribution in [0, 0.1) is 22.7 Å². The van der Waals surface area contributed by atoms with Gasteiger partial charge in [0.05, 0.1) is 11.0 Å². The lowest BCUT2D eigenvalue weighted by Gasteiger charge is -2.24. The molecule has 1 aromatic rings. The number of nitrogens with one attached hydrogen (secondary N) is 1.